The van der Waals surface area contributed by atoms with E-state index < -0.39 is 0 Å². The predicted molar refractivity (Wildman–Crippen MR) is 112 cm³/mol. The van der Waals surface area contributed by atoms with Crippen LogP contribution in [-0.2, 0) is 5.54 Å². The van der Waals surface area contributed by atoms with Crippen molar-refractivity contribution in [3.05, 3.63) is 58.9 Å². The Hall–Kier alpha value is -1.76. The van der Waals surface area contributed by atoms with E-state index in [2.05, 4.69) is 16.9 Å². The molecule has 3 rings (SSSR count). The van der Waals surface area contributed by atoms with Gasteiger partial charge in [0.15, 0.2) is 5.17 Å². The van der Waals surface area contributed by atoms with Gasteiger partial charge in [-0.15, -0.1) is 12.4 Å². The van der Waals surface area contributed by atoms with E-state index in [0.29, 0.717) is 15.9 Å². The number of benzene rings is 1. The van der Waals surface area contributed by atoms with E-state index in [0.717, 1.165) is 23.4 Å². The minimum absolute atomic E-state index is 0. The van der Waals surface area contributed by atoms with Gasteiger partial charge in [0.05, 0.1) is 10.6 Å². The van der Waals surface area contributed by atoms with Crippen molar-refractivity contribution in [2.45, 2.75) is 18.9 Å². The highest BCUT2D eigenvalue weighted by molar-refractivity contribution is 8.13. The zero-order valence-electron chi connectivity index (χ0n) is 14.5. The van der Waals surface area contributed by atoms with Gasteiger partial charge in [0.25, 0.3) is 5.91 Å². The van der Waals surface area contributed by atoms with Crippen molar-refractivity contribution in [2.24, 2.45) is 10.7 Å². The first-order valence-electron chi connectivity index (χ1n) is 7.87. The summed E-state index contributed by atoms with van der Waals surface area (Å²) in [6.07, 6.45) is 2.37. The fourth-order valence-electron chi connectivity index (χ4n) is 2.74. The van der Waals surface area contributed by atoms with Crippen molar-refractivity contribution in [3.8, 4) is 0 Å². The minimum Gasteiger partial charge on any atom is -0.379 e. The molecule has 2 aromatic rings. The summed E-state index contributed by atoms with van der Waals surface area (Å²) in [7, 11) is 1.73. The number of aliphatic imine (C=N–C) groups is 1. The highest BCUT2D eigenvalue weighted by Crippen LogP contribution is 2.36. The van der Waals surface area contributed by atoms with Gasteiger partial charge in [0.2, 0.25) is 0 Å². The highest BCUT2D eigenvalue weighted by atomic mass is 35.5. The van der Waals surface area contributed by atoms with E-state index in [9.17, 15) is 4.79 Å². The lowest BCUT2D eigenvalue weighted by Gasteiger charge is -2.30. The van der Waals surface area contributed by atoms with Gasteiger partial charge >= 0.3 is 0 Å². The number of halogens is 2. The van der Waals surface area contributed by atoms with Gasteiger partial charge in [-0.05, 0) is 43.2 Å². The van der Waals surface area contributed by atoms with E-state index in [1.54, 1.807) is 35.8 Å². The van der Waals surface area contributed by atoms with Crippen LogP contribution in [0.15, 0.2) is 47.6 Å². The van der Waals surface area contributed by atoms with Gasteiger partial charge in [0.1, 0.15) is 5.69 Å². The number of thioether (sulfide) groups is 1. The van der Waals surface area contributed by atoms with Crippen molar-refractivity contribution >= 4 is 52.5 Å². The quantitative estimate of drug-likeness (QED) is 0.826. The maximum Gasteiger partial charge on any atom is 0.276 e. The van der Waals surface area contributed by atoms with Gasteiger partial charge < -0.3 is 10.6 Å². The maximum atomic E-state index is 12.6. The lowest BCUT2D eigenvalue weighted by Crippen LogP contribution is -2.30. The Morgan fingerprint density at radius 1 is 1.35 bits per heavy atom. The second kappa shape index (κ2) is 8.29. The third-order valence-electron chi connectivity index (χ3n) is 4.30. The monoisotopic (exact) mass is 410 g/mol. The fourth-order valence-corrected chi connectivity index (χ4v) is 3.82. The fraction of sp³-hybridized carbons (Fsp3) is 0.278. The normalized spacial score (nSPS) is 19.3. The Bertz CT molecular complexity index is 828. The lowest BCUT2D eigenvalue weighted by molar-refractivity contribution is 0.0988. The smallest absolute Gasteiger partial charge is 0.276 e. The number of rotatable bonds is 3. The van der Waals surface area contributed by atoms with Crippen LogP contribution in [0, 0.1) is 0 Å². The van der Waals surface area contributed by atoms with Crippen molar-refractivity contribution in [1.29, 1.82) is 0 Å². The molecule has 1 aromatic heterocycles. The van der Waals surface area contributed by atoms with E-state index in [1.165, 1.54) is 6.20 Å². The van der Waals surface area contributed by atoms with Crippen LogP contribution in [0.1, 0.15) is 29.4 Å². The Kier molecular flexibility index (Phi) is 6.55. The number of carbonyl (C=O) groups is 1. The number of anilines is 1. The van der Waals surface area contributed by atoms with Crippen LogP contribution >= 0.6 is 35.8 Å². The molecule has 1 amide bonds. The summed E-state index contributed by atoms with van der Waals surface area (Å²) < 4.78 is 0. The lowest BCUT2D eigenvalue weighted by atomic mass is 9.89. The van der Waals surface area contributed by atoms with Crippen LogP contribution < -0.4 is 10.6 Å². The molecular weight excluding hydrogens is 391 g/mol. The van der Waals surface area contributed by atoms with Gasteiger partial charge in [-0.1, -0.05) is 35.5 Å². The third kappa shape index (κ3) is 4.31. The average molecular weight is 411 g/mol. The van der Waals surface area contributed by atoms with E-state index in [1.807, 2.05) is 24.3 Å². The molecule has 2 heterocycles. The molecule has 2 N–H and O–H groups in total. The number of amides is 1. The Balaban J connectivity index is 0.00000243. The molecule has 5 nitrogen and oxygen atoms in total. The van der Waals surface area contributed by atoms with Crippen LogP contribution in [-0.4, -0.2) is 28.9 Å². The first-order valence-corrected chi connectivity index (χ1v) is 9.24. The molecule has 0 aliphatic carbocycles. The summed E-state index contributed by atoms with van der Waals surface area (Å²) >= 11 is 7.41. The second-order valence-corrected chi connectivity index (χ2v) is 7.65. The molecule has 1 unspecified atom stereocenters. The van der Waals surface area contributed by atoms with Gasteiger partial charge in [0, 0.05) is 24.7 Å². The summed E-state index contributed by atoms with van der Waals surface area (Å²) in [5, 5.41) is 1.11. The Morgan fingerprint density at radius 2 is 2.12 bits per heavy atom. The van der Waals surface area contributed by atoms with Crippen LogP contribution in [0.4, 0.5) is 5.69 Å². The zero-order valence-corrected chi connectivity index (χ0v) is 16.9. The number of pyridine rings is 1. The molecule has 8 heteroatoms. The molecule has 1 aliphatic heterocycles. The summed E-state index contributed by atoms with van der Waals surface area (Å²) in [6.45, 7) is 2.07. The van der Waals surface area contributed by atoms with Gasteiger partial charge in [-0.3, -0.25) is 9.79 Å². The van der Waals surface area contributed by atoms with E-state index >= 15 is 0 Å². The first kappa shape index (κ1) is 20.6. The number of nitrogens with two attached hydrogens (primary N) is 1. The molecule has 0 bridgehead atoms. The van der Waals surface area contributed by atoms with Crippen molar-refractivity contribution in [2.75, 3.05) is 17.7 Å². The van der Waals surface area contributed by atoms with Crippen LogP contribution in [0.3, 0.4) is 0 Å². The summed E-state index contributed by atoms with van der Waals surface area (Å²) in [5.74, 6) is 0.737. The van der Waals surface area contributed by atoms with Gasteiger partial charge in [-0.2, -0.15) is 0 Å². The molecule has 138 valence electrons. The average Bonchev–Trinajstić information content (AvgIpc) is 2.61. The minimum atomic E-state index is -0.367. The molecule has 1 aliphatic rings. The SMILES string of the molecule is CN(C(=O)c1ccc(Cl)cn1)c1cccc(C2(C)CCSC(N)=N2)c1.Cl. The number of aromatic nitrogens is 1. The molecule has 0 saturated heterocycles. The number of nitrogens with zero attached hydrogens (tertiary/aromatic N) is 3. The van der Waals surface area contributed by atoms with Crippen LogP contribution in [0.25, 0.3) is 0 Å². The summed E-state index contributed by atoms with van der Waals surface area (Å²) in [5.41, 5.74) is 7.71. The standard InChI is InChI=1S/C18H19ClN4OS.ClH/c1-18(8-9-25-17(20)22-18)12-4-3-5-14(10-12)23(2)16(24)15-7-6-13(19)11-21-15;/h3-7,10-11H,8-9H2,1-2H3,(H2,20,22);1H. The molecule has 0 radical (unpaired) electrons. The molecule has 1 atom stereocenters. The molecular formula is C18H20Cl2N4OS. The summed E-state index contributed by atoms with van der Waals surface area (Å²) in [6, 6.07) is 11.1. The number of carbonyl (C=O) groups excluding carboxylic acids is 1. The maximum absolute atomic E-state index is 12.6. The number of hydrogen-bond donors (Lipinski definition) is 1. The van der Waals surface area contributed by atoms with Crippen molar-refractivity contribution in [1.82, 2.24) is 4.98 Å². The molecule has 26 heavy (non-hydrogen) atoms. The molecule has 0 saturated carbocycles. The van der Waals surface area contributed by atoms with Crippen molar-refractivity contribution < 1.29 is 4.79 Å². The number of hydrogen-bond acceptors (Lipinski definition) is 5. The molecule has 0 fully saturated rings. The third-order valence-corrected chi connectivity index (χ3v) is 5.32. The molecule has 1 aromatic carbocycles. The summed E-state index contributed by atoms with van der Waals surface area (Å²) in [4.78, 5) is 22.9. The Labute approximate surface area is 168 Å². The molecule has 0 spiro atoms. The topological polar surface area (TPSA) is 71.6 Å². The first-order chi connectivity index (χ1) is 11.9. The highest BCUT2D eigenvalue weighted by Gasteiger charge is 2.30. The largest absolute Gasteiger partial charge is 0.379 e. The second-order valence-electron chi connectivity index (χ2n) is 6.10. The van der Waals surface area contributed by atoms with Crippen molar-refractivity contribution in [3.63, 3.8) is 0 Å². The van der Waals surface area contributed by atoms with Crippen LogP contribution in [0.5, 0.6) is 0 Å². The van der Waals surface area contributed by atoms with Crippen LogP contribution in [0.2, 0.25) is 5.02 Å². The number of amidine groups is 1. The predicted octanol–water partition coefficient (Wildman–Crippen LogP) is 4.10. The van der Waals surface area contributed by atoms with E-state index in [-0.39, 0.29) is 23.9 Å². The van der Waals surface area contributed by atoms with Gasteiger partial charge in [-0.25, -0.2) is 4.98 Å². The Morgan fingerprint density at radius 3 is 2.77 bits per heavy atom. The van der Waals surface area contributed by atoms with E-state index in [4.69, 9.17) is 17.3 Å². The zero-order chi connectivity index (χ0) is 18.0.